The summed E-state index contributed by atoms with van der Waals surface area (Å²) in [7, 11) is 2.03. The maximum atomic E-state index is 13.2. The van der Waals surface area contributed by atoms with E-state index in [-0.39, 0.29) is 11.4 Å². The summed E-state index contributed by atoms with van der Waals surface area (Å²) in [5.74, 6) is 1.08. The number of nitrogens with one attached hydrogen (secondary N) is 1. The highest BCUT2D eigenvalue weighted by atomic mass is 16.1. The molecule has 1 saturated carbocycles. The number of aryl methyl sites for hydroxylation is 1. The zero-order valence-electron chi connectivity index (χ0n) is 17.9. The fourth-order valence-electron chi connectivity index (χ4n) is 4.60. The summed E-state index contributed by atoms with van der Waals surface area (Å²) in [6, 6.07) is 12.4. The van der Waals surface area contributed by atoms with Gasteiger partial charge >= 0.3 is 0 Å². The van der Waals surface area contributed by atoms with Gasteiger partial charge in [0.2, 0.25) is 0 Å². The highest BCUT2D eigenvalue weighted by Gasteiger charge is 2.30. The number of nitrogens with zero attached hydrogens (tertiary/aromatic N) is 2. The lowest BCUT2D eigenvalue weighted by Crippen LogP contribution is -2.48. The van der Waals surface area contributed by atoms with E-state index in [0.29, 0.717) is 17.4 Å². The number of pyridine rings is 1. The molecule has 4 nitrogen and oxygen atoms in total. The Morgan fingerprint density at radius 3 is 2.66 bits per heavy atom. The summed E-state index contributed by atoms with van der Waals surface area (Å²) >= 11 is 0. The van der Waals surface area contributed by atoms with Crippen LogP contribution in [0.2, 0.25) is 0 Å². The summed E-state index contributed by atoms with van der Waals surface area (Å²) < 4.78 is 2.07. The van der Waals surface area contributed by atoms with Crippen LogP contribution in [-0.4, -0.2) is 21.0 Å². The lowest BCUT2D eigenvalue weighted by atomic mass is 9.84. The van der Waals surface area contributed by atoms with Gasteiger partial charge in [-0.2, -0.15) is 0 Å². The molecular weight excluding hydrogens is 358 g/mol. The third kappa shape index (κ3) is 4.36. The van der Waals surface area contributed by atoms with Crippen molar-refractivity contribution in [3.8, 4) is 0 Å². The van der Waals surface area contributed by atoms with Crippen LogP contribution in [0.1, 0.15) is 67.4 Å². The van der Waals surface area contributed by atoms with Crippen molar-refractivity contribution < 1.29 is 4.79 Å². The number of aromatic nitrogens is 2. The fraction of sp³-hybridized carbons (Fsp3) is 0.440. The van der Waals surface area contributed by atoms with Gasteiger partial charge in [-0.25, -0.2) is 4.98 Å². The Morgan fingerprint density at radius 2 is 2.00 bits per heavy atom. The third-order valence-electron chi connectivity index (χ3n) is 5.84. The minimum atomic E-state index is -0.308. The molecule has 152 valence electrons. The first-order chi connectivity index (χ1) is 13.8. The molecule has 1 aromatic carbocycles. The van der Waals surface area contributed by atoms with Gasteiger partial charge in [0.15, 0.2) is 0 Å². The van der Waals surface area contributed by atoms with Gasteiger partial charge in [0.1, 0.15) is 5.65 Å². The number of carbonyl (C=O) groups is 1. The second-order valence-electron chi connectivity index (χ2n) is 9.34. The number of hydrogen-bond donors (Lipinski definition) is 1. The summed E-state index contributed by atoms with van der Waals surface area (Å²) in [6.45, 7) is 6.56. The zero-order valence-corrected chi connectivity index (χ0v) is 17.9. The second-order valence-corrected chi connectivity index (χ2v) is 9.34. The van der Waals surface area contributed by atoms with E-state index in [1.54, 1.807) is 6.20 Å². The van der Waals surface area contributed by atoms with Crippen LogP contribution in [0.15, 0.2) is 48.8 Å². The van der Waals surface area contributed by atoms with Crippen LogP contribution in [0.5, 0.6) is 0 Å². The van der Waals surface area contributed by atoms with Crippen molar-refractivity contribution in [1.29, 1.82) is 0 Å². The molecule has 1 aliphatic carbocycles. The van der Waals surface area contributed by atoms with Crippen molar-refractivity contribution in [1.82, 2.24) is 14.9 Å². The van der Waals surface area contributed by atoms with Gasteiger partial charge in [0, 0.05) is 30.4 Å². The quantitative estimate of drug-likeness (QED) is 0.601. The average Bonchev–Trinajstić information content (AvgIpc) is 3.45. The summed E-state index contributed by atoms with van der Waals surface area (Å²) in [6.07, 6.45) is 8.09. The molecule has 0 radical (unpaired) electrons. The van der Waals surface area contributed by atoms with Crippen LogP contribution >= 0.6 is 0 Å². The number of rotatable bonds is 7. The molecule has 2 aromatic heterocycles. The molecule has 2 heterocycles. The largest absolute Gasteiger partial charge is 0.346 e. The Labute approximate surface area is 173 Å². The molecule has 29 heavy (non-hydrogen) atoms. The predicted molar refractivity (Wildman–Crippen MR) is 118 cm³/mol. The zero-order chi connectivity index (χ0) is 20.6. The monoisotopic (exact) mass is 389 g/mol. The van der Waals surface area contributed by atoms with Gasteiger partial charge < -0.3 is 9.88 Å². The molecule has 0 aliphatic heterocycles. The molecule has 1 N–H and O–H groups in total. The van der Waals surface area contributed by atoms with Gasteiger partial charge in [-0.1, -0.05) is 44.2 Å². The Kier molecular flexibility index (Phi) is 5.20. The van der Waals surface area contributed by atoms with Crippen LogP contribution in [0.3, 0.4) is 0 Å². The Balaban J connectivity index is 1.60. The van der Waals surface area contributed by atoms with Gasteiger partial charge in [0.25, 0.3) is 5.91 Å². The van der Waals surface area contributed by atoms with Crippen molar-refractivity contribution in [2.45, 2.75) is 57.9 Å². The fourth-order valence-corrected chi connectivity index (χ4v) is 4.60. The first-order valence-corrected chi connectivity index (χ1v) is 10.7. The normalized spacial score (nSPS) is 16.2. The van der Waals surface area contributed by atoms with Gasteiger partial charge in [-0.15, -0.1) is 0 Å². The highest BCUT2D eigenvalue weighted by Crippen LogP contribution is 2.43. The summed E-state index contributed by atoms with van der Waals surface area (Å²) in [4.78, 5) is 17.8. The minimum absolute atomic E-state index is 0.0379. The first kappa shape index (κ1) is 19.7. The smallest absolute Gasteiger partial charge is 0.253 e. The molecule has 1 atom stereocenters. The van der Waals surface area contributed by atoms with Gasteiger partial charge in [-0.3, -0.25) is 4.79 Å². The van der Waals surface area contributed by atoms with E-state index in [0.717, 1.165) is 23.9 Å². The van der Waals surface area contributed by atoms with Gasteiger partial charge in [0.05, 0.1) is 5.56 Å². The highest BCUT2D eigenvalue weighted by molar-refractivity contribution is 5.98. The van der Waals surface area contributed by atoms with E-state index in [1.807, 2.05) is 19.2 Å². The van der Waals surface area contributed by atoms with Crippen molar-refractivity contribution in [3.63, 3.8) is 0 Å². The standard InChI is InChI=1S/C25H31N3O/c1-17(2)13-25(3,14-18-8-6-5-7-9-18)27-24(29)20-12-21-22(19-10-11-19)16-28(4)23(21)26-15-20/h5-9,12,15-17,19H,10-11,13-14H2,1-4H3,(H,27,29). The maximum Gasteiger partial charge on any atom is 0.253 e. The van der Waals surface area contributed by atoms with Crippen molar-refractivity contribution in [3.05, 3.63) is 65.5 Å². The molecule has 1 amide bonds. The van der Waals surface area contributed by atoms with E-state index in [1.165, 1.54) is 24.0 Å². The van der Waals surface area contributed by atoms with Crippen molar-refractivity contribution in [2.24, 2.45) is 13.0 Å². The van der Waals surface area contributed by atoms with Crippen LogP contribution in [0, 0.1) is 5.92 Å². The van der Waals surface area contributed by atoms with E-state index in [4.69, 9.17) is 0 Å². The van der Waals surface area contributed by atoms with Crippen LogP contribution in [-0.2, 0) is 13.5 Å². The Morgan fingerprint density at radius 1 is 1.28 bits per heavy atom. The van der Waals surface area contributed by atoms with Gasteiger partial charge in [-0.05, 0) is 61.6 Å². The number of amides is 1. The second kappa shape index (κ2) is 7.66. The molecule has 1 fully saturated rings. The number of benzene rings is 1. The number of fused-ring (bicyclic) bond motifs is 1. The number of carbonyl (C=O) groups excluding carboxylic acids is 1. The third-order valence-corrected chi connectivity index (χ3v) is 5.84. The summed E-state index contributed by atoms with van der Waals surface area (Å²) in [5.41, 5.74) is 3.87. The molecule has 0 saturated heterocycles. The molecule has 0 spiro atoms. The van der Waals surface area contributed by atoms with E-state index < -0.39 is 0 Å². The average molecular weight is 390 g/mol. The molecule has 1 aliphatic rings. The number of hydrogen-bond acceptors (Lipinski definition) is 2. The van der Waals surface area contributed by atoms with E-state index >= 15 is 0 Å². The van der Waals surface area contributed by atoms with E-state index in [9.17, 15) is 4.79 Å². The van der Waals surface area contributed by atoms with Crippen molar-refractivity contribution >= 4 is 16.9 Å². The van der Waals surface area contributed by atoms with Crippen LogP contribution < -0.4 is 5.32 Å². The Hall–Kier alpha value is -2.62. The van der Waals surface area contributed by atoms with E-state index in [2.05, 4.69) is 66.1 Å². The Bertz CT molecular complexity index is 1020. The molecule has 4 heteroatoms. The van der Waals surface area contributed by atoms with Crippen molar-refractivity contribution in [2.75, 3.05) is 0 Å². The lowest BCUT2D eigenvalue weighted by molar-refractivity contribution is 0.0894. The molecule has 3 aromatic rings. The predicted octanol–water partition coefficient (Wildman–Crippen LogP) is 5.23. The SMILES string of the molecule is CC(C)CC(C)(Cc1ccccc1)NC(=O)c1cnc2c(c1)c(C1CC1)cn2C. The molecule has 1 unspecified atom stereocenters. The molecular formula is C25H31N3O. The topological polar surface area (TPSA) is 46.9 Å². The first-order valence-electron chi connectivity index (χ1n) is 10.7. The minimum Gasteiger partial charge on any atom is -0.346 e. The summed E-state index contributed by atoms with van der Waals surface area (Å²) in [5, 5.41) is 4.46. The lowest BCUT2D eigenvalue weighted by Gasteiger charge is -2.33. The molecule has 0 bridgehead atoms. The van der Waals surface area contributed by atoms with Crippen LogP contribution in [0.4, 0.5) is 0 Å². The molecule has 4 rings (SSSR count). The maximum absolute atomic E-state index is 13.2. The van der Waals surface area contributed by atoms with Crippen LogP contribution in [0.25, 0.3) is 11.0 Å².